The van der Waals surface area contributed by atoms with Crippen LogP contribution in [-0.2, 0) is 14.8 Å². The predicted octanol–water partition coefficient (Wildman–Crippen LogP) is 2.61. The Morgan fingerprint density at radius 3 is 2.90 bits per heavy atom. The van der Waals surface area contributed by atoms with Gasteiger partial charge in [-0.15, -0.1) is 4.09 Å². The highest BCUT2D eigenvalue weighted by atomic mass is 32.2. The SMILES string of the molecule is C[C@@H]1COCCN1c1cc(-c2cccc3[nH]ccc23)nc2c1cnn2S(C)(=O)=O. The Labute approximate surface area is 168 Å². The number of hydrogen-bond donors (Lipinski definition) is 1. The Kier molecular flexibility index (Phi) is 4.11. The van der Waals surface area contributed by atoms with E-state index in [2.05, 4.69) is 21.9 Å². The smallest absolute Gasteiger partial charge is 0.252 e. The van der Waals surface area contributed by atoms with Gasteiger partial charge in [-0.3, -0.25) is 0 Å². The Balaban J connectivity index is 1.82. The monoisotopic (exact) mass is 411 g/mol. The van der Waals surface area contributed by atoms with Crippen LogP contribution in [0, 0.1) is 0 Å². The third-order valence-electron chi connectivity index (χ3n) is 5.35. The fourth-order valence-corrected chi connectivity index (χ4v) is 4.65. The summed E-state index contributed by atoms with van der Waals surface area (Å²) in [5.41, 5.74) is 3.91. The highest BCUT2D eigenvalue weighted by Crippen LogP contribution is 2.35. The molecule has 0 spiro atoms. The number of nitrogens with zero attached hydrogens (tertiary/aromatic N) is 4. The average Bonchev–Trinajstić information content (AvgIpc) is 3.34. The Bertz CT molecular complexity index is 1320. The normalized spacial score (nSPS) is 18.0. The van der Waals surface area contributed by atoms with Crippen molar-refractivity contribution < 1.29 is 13.2 Å². The van der Waals surface area contributed by atoms with Crippen LogP contribution in [0.25, 0.3) is 33.2 Å². The summed E-state index contributed by atoms with van der Waals surface area (Å²) in [6.45, 7) is 4.06. The number of anilines is 1. The minimum atomic E-state index is -3.58. The molecular weight excluding hydrogens is 390 g/mol. The molecule has 3 aromatic heterocycles. The van der Waals surface area contributed by atoms with Crippen molar-refractivity contribution in [2.24, 2.45) is 0 Å². The molecule has 0 unspecified atom stereocenters. The number of pyridine rings is 1. The number of ether oxygens (including phenoxy) is 1. The van der Waals surface area contributed by atoms with Crippen LogP contribution in [0.5, 0.6) is 0 Å². The van der Waals surface area contributed by atoms with Gasteiger partial charge in [0.2, 0.25) is 0 Å². The van der Waals surface area contributed by atoms with Crippen molar-refractivity contribution in [1.29, 1.82) is 0 Å². The molecule has 1 N–H and O–H groups in total. The molecular formula is C20H21N5O3S. The average molecular weight is 411 g/mol. The minimum Gasteiger partial charge on any atom is -0.377 e. The van der Waals surface area contributed by atoms with E-state index in [-0.39, 0.29) is 6.04 Å². The van der Waals surface area contributed by atoms with Crippen LogP contribution in [0.2, 0.25) is 0 Å². The topological polar surface area (TPSA) is 93.1 Å². The zero-order valence-corrected chi connectivity index (χ0v) is 17.0. The van der Waals surface area contributed by atoms with E-state index in [1.54, 1.807) is 6.20 Å². The molecule has 0 radical (unpaired) electrons. The standard InChI is InChI=1S/C20H21N5O3S/c1-13-12-28-9-8-24(13)19-10-18(14-4-3-5-17-15(14)6-7-21-17)23-20-16(19)11-22-25(20)29(2,26)27/h3-7,10-11,13,21H,8-9,12H2,1-2H3/t13-/m1/s1. The van der Waals surface area contributed by atoms with Crippen molar-refractivity contribution in [2.45, 2.75) is 13.0 Å². The molecule has 4 heterocycles. The van der Waals surface area contributed by atoms with Gasteiger partial charge in [-0.05, 0) is 25.1 Å². The minimum absolute atomic E-state index is 0.159. The van der Waals surface area contributed by atoms with Gasteiger partial charge in [0, 0.05) is 35.2 Å². The van der Waals surface area contributed by atoms with Gasteiger partial charge in [-0.2, -0.15) is 5.10 Å². The number of fused-ring (bicyclic) bond motifs is 2. The van der Waals surface area contributed by atoms with Crippen LogP contribution >= 0.6 is 0 Å². The maximum atomic E-state index is 12.3. The van der Waals surface area contributed by atoms with E-state index in [1.807, 2.05) is 36.5 Å². The number of benzene rings is 1. The van der Waals surface area contributed by atoms with Crippen LogP contribution in [0.4, 0.5) is 5.69 Å². The van der Waals surface area contributed by atoms with E-state index in [0.717, 1.165) is 39.0 Å². The third-order valence-corrected chi connectivity index (χ3v) is 6.25. The summed E-state index contributed by atoms with van der Waals surface area (Å²) in [5, 5.41) is 5.89. The molecule has 0 aliphatic carbocycles. The lowest BCUT2D eigenvalue weighted by Crippen LogP contribution is -2.43. The second kappa shape index (κ2) is 6.57. The van der Waals surface area contributed by atoms with E-state index in [4.69, 9.17) is 9.72 Å². The van der Waals surface area contributed by atoms with E-state index in [9.17, 15) is 8.42 Å². The molecule has 0 amide bonds. The molecule has 1 aliphatic heterocycles. The van der Waals surface area contributed by atoms with Crippen molar-refractivity contribution >= 4 is 37.6 Å². The first-order chi connectivity index (χ1) is 13.9. The molecule has 1 atom stereocenters. The number of nitrogens with one attached hydrogen (secondary N) is 1. The molecule has 0 saturated carbocycles. The number of aromatic amines is 1. The van der Waals surface area contributed by atoms with Gasteiger partial charge in [-0.1, -0.05) is 12.1 Å². The lowest BCUT2D eigenvalue weighted by molar-refractivity contribution is 0.0991. The molecule has 0 bridgehead atoms. The van der Waals surface area contributed by atoms with E-state index < -0.39 is 10.0 Å². The molecule has 1 fully saturated rings. The van der Waals surface area contributed by atoms with Gasteiger partial charge in [0.15, 0.2) is 5.65 Å². The van der Waals surface area contributed by atoms with Crippen LogP contribution in [0.1, 0.15) is 6.92 Å². The van der Waals surface area contributed by atoms with E-state index in [1.165, 1.54) is 0 Å². The predicted molar refractivity (Wildman–Crippen MR) is 113 cm³/mol. The molecule has 1 saturated heterocycles. The summed E-state index contributed by atoms with van der Waals surface area (Å²) in [6, 6.07) is 10.2. The van der Waals surface area contributed by atoms with Crippen LogP contribution in [0.3, 0.4) is 0 Å². The maximum Gasteiger partial charge on any atom is 0.252 e. The van der Waals surface area contributed by atoms with Crippen LogP contribution in [-0.4, -0.2) is 59.6 Å². The number of hydrogen-bond acceptors (Lipinski definition) is 6. The number of H-pyrrole nitrogens is 1. The van der Waals surface area contributed by atoms with Crippen molar-refractivity contribution in [3.05, 3.63) is 42.7 Å². The first-order valence-corrected chi connectivity index (χ1v) is 11.3. The molecule has 8 nitrogen and oxygen atoms in total. The molecule has 4 aromatic rings. The van der Waals surface area contributed by atoms with Crippen molar-refractivity contribution in [3.63, 3.8) is 0 Å². The zero-order valence-electron chi connectivity index (χ0n) is 16.2. The van der Waals surface area contributed by atoms with Gasteiger partial charge < -0.3 is 14.6 Å². The first-order valence-electron chi connectivity index (χ1n) is 9.43. The Hall–Kier alpha value is -2.91. The summed E-state index contributed by atoms with van der Waals surface area (Å²) in [4.78, 5) is 10.2. The summed E-state index contributed by atoms with van der Waals surface area (Å²) >= 11 is 0. The fraction of sp³-hybridized carbons (Fsp3) is 0.300. The van der Waals surface area contributed by atoms with Crippen molar-refractivity contribution in [2.75, 3.05) is 30.9 Å². The highest BCUT2D eigenvalue weighted by molar-refractivity contribution is 7.89. The van der Waals surface area contributed by atoms with Gasteiger partial charge in [-0.25, -0.2) is 13.4 Å². The molecule has 1 aliphatic rings. The highest BCUT2D eigenvalue weighted by Gasteiger charge is 2.25. The number of rotatable bonds is 3. The lowest BCUT2D eigenvalue weighted by Gasteiger charge is -2.35. The summed E-state index contributed by atoms with van der Waals surface area (Å²) in [7, 11) is -3.58. The van der Waals surface area contributed by atoms with E-state index >= 15 is 0 Å². The van der Waals surface area contributed by atoms with Gasteiger partial charge >= 0.3 is 0 Å². The van der Waals surface area contributed by atoms with Crippen LogP contribution < -0.4 is 4.90 Å². The Morgan fingerprint density at radius 2 is 2.10 bits per heavy atom. The van der Waals surface area contributed by atoms with Crippen molar-refractivity contribution in [1.82, 2.24) is 19.2 Å². The zero-order chi connectivity index (χ0) is 20.2. The summed E-state index contributed by atoms with van der Waals surface area (Å²) in [6.07, 6.45) is 4.61. The molecule has 5 rings (SSSR count). The summed E-state index contributed by atoms with van der Waals surface area (Å²) in [5.74, 6) is 0. The molecule has 29 heavy (non-hydrogen) atoms. The van der Waals surface area contributed by atoms with Gasteiger partial charge in [0.25, 0.3) is 10.0 Å². The van der Waals surface area contributed by atoms with Gasteiger partial charge in [0.05, 0.1) is 42.4 Å². The van der Waals surface area contributed by atoms with E-state index in [0.29, 0.717) is 29.9 Å². The lowest BCUT2D eigenvalue weighted by atomic mass is 10.0. The molecule has 150 valence electrons. The largest absolute Gasteiger partial charge is 0.377 e. The van der Waals surface area contributed by atoms with Gasteiger partial charge in [0.1, 0.15) is 0 Å². The fourth-order valence-electron chi connectivity index (χ4n) is 3.98. The number of morpholine rings is 1. The third kappa shape index (κ3) is 2.97. The molecule has 9 heteroatoms. The van der Waals surface area contributed by atoms with Crippen LogP contribution in [0.15, 0.2) is 42.7 Å². The maximum absolute atomic E-state index is 12.3. The molecule has 1 aromatic carbocycles. The Morgan fingerprint density at radius 1 is 1.24 bits per heavy atom. The summed E-state index contributed by atoms with van der Waals surface area (Å²) < 4.78 is 31.2. The first kappa shape index (κ1) is 18.1. The number of aromatic nitrogens is 4. The second-order valence-electron chi connectivity index (χ2n) is 7.38. The van der Waals surface area contributed by atoms with Crippen molar-refractivity contribution in [3.8, 4) is 11.3 Å². The second-order valence-corrected chi connectivity index (χ2v) is 9.19. The quantitative estimate of drug-likeness (QED) is 0.557.